The van der Waals surface area contributed by atoms with Crippen molar-refractivity contribution >= 4 is 23.2 Å². The molecular formula is C23H29F3N4O4S. The first kappa shape index (κ1) is 26.9. The molecule has 1 aromatic carbocycles. The normalized spacial score (nSPS) is 19.5. The van der Waals surface area contributed by atoms with Crippen molar-refractivity contribution in [1.29, 1.82) is 0 Å². The predicted molar refractivity (Wildman–Crippen MR) is 124 cm³/mol. The van der Waals surface area contributed by atoms with Gasteiger partial charge in [-0.15, -0.1) is 24.5 Å². The van der Waals surface area contributed by atoms with E-state index in [0.717, 1.165) is 0 Å². The number of rotatable bonds is 6. The molecule has 1 aliphatic heterocycles. The molecule has 1 fully saturated rings. The molecule has 2 heterocycles. The van der Waals surface area contributed by atoms with E-state index in [9.17, 15) is 27.9 Å². The number of amides is 2. The van der Waals surface area contributed by atoms with Gasteiger partial charge in [0.15, 0.2) is 0 Å². The van der Waals surface area contributed by atoms with Crippen LogP contribution in [0.15, 0.2) is 23.7 Å². The number of ether oxygens (including phenoxy) is 1. The average molecular weight is 515 g/mol. The van der Waals surface area contributed by atoms with E-state index < -0.39 is 47.5 Å². The van der Waals surface area contributed by atoms with Crippen LogP contribution in [0, 0.1) is 12.3 Å². The minimum absolute atomic E-state index is 0.00391. The number of aliphatic hydroxyl groups excluding tert-OH is 1. The number of halogens is 3. The van der Waals surface area contributed by atoms with E-state index in [2.05, 4.69) is 15.0 Å². The second-order valence-corrected chi connectivity index (χ2v) is 10.4. The van der Waals surface area contributed by atoms with Gasteiger partial charge in [-0.05, 0) is 24.0 Å². The summed E-state index contributed by atoms with van der Waals surface area (Å²) >= 11 is 1.29. The summed E-state index contributed by atoms with van der Waals surface area (Å²) in [7, 11) is 0. The first-order valence-corrected chi connectivity index (χ1v) is 11.9. The van der Waals surface area contributed by atoms with Crippen LogP contribution in [0.2, 0.25) is 0 Å². The van der Waals surface area contributed by atoms with Gasteiger partial charge in [-0.2, -0.15) is 0 Å². The Morgan fingerprint density at radius 2 is 2.03 bits per heavy atom. The number of nitrogens with two attached hydrogens (primary N) is 1. The summed E-state index contributed by atoms with van der Waals surface area (Å²) in [6.07, 6.45) is -5.83. The number of hydrogen-bond donors (Lipinski definition) is 3. The molecule has 2 amide bonds. The monoisotopic (exact) mass is 514 g/mol. The Kier molecular flexibility index (Phi) is 7.77. The number of thiazole rings is 1. The van der Waals surface area contributed by atoms with Gasteiger partial charge in [0, 0.05) is 25.1 Å². The van der Waals surface area contributed by atoms with E-state index in [1.807, 2.05) is 0 Å². The molecule has 0 bridgehead atoms. The molecule has 0 unspecified atom stereocenters. The number of likely N-dealkylation sites (tertiary alicyclic amines) is 1. The molecule has 2 aromatic rings. The van der Waals surface area contributed by atoms with Crippen molar-refractivity contribution in [3.05, 3.63) is 35.0 Å². The third-order valence-corrected chi connectivity index (χ3v) is 6.80. The van der Waals surface area contributed by atoms with Crippen LogP contribution in [0.1, 0.15) is 38.4 Å². The predicted octanol–water partition coefficient (Wildman–Crippen LogP) is 2.97. The molecule has 0 aliphatic carbocycles. The second kappa shape index (κ2) is 10.1. The van der Waals surface area contributed by atoms with Crippen LogP contribution in [0.5, 0.6) is 5.75 Å². The molecular weight excluding hydrogens is 485 g/mol. The van der Waals surface area contributed by atoms with E-state index in [1.54, 1.807) is 39.3 Å². The van der Waals surface area contributed by atoms with Crippen molar-refractivity contribution in [2.75, 3.05) is 6.54 Å². The summed E-state index contributed by atoms with van der Waals surface area (Å²) < 4.78 is 43.4. The number of nitrogens with zero attached hydrogens (tertiary/aromatic N) is 2. The Morgan fingerprint density at radius 1 is 1.34 bits per heavy atom. The van der Waals surface area contributed by atoms with Crippen molar-refractivity contribution in [3.63, 3.8) is 0 Å². The fraction of sp³-hybridized carbons (Fsp3) is 0.522. The van der Waals surface area contributed by atoms with Gasteiger partial charge in [-0.25, -0.2) is 4.98 Å². The number of benzene rings is 1. The summed E-state index contributed by atoms with van der Waals surface area (Å²) in [5.74, 6) is -1.52. The maximum absolute atomic E-state index is 13.1. The van der Waals surface area contributed by atoms with Gasteiger partial charge in [0.25, 0.3) is 0 Å². The van der Waals surface area contributed by atoms with Crippen LogP contribution >= 0.6 is 11.3 Å². The van der Waals surface area contributed by atoms with E-state index >= 15 is 0 Å². The molecule has 4 N–H and O–H groups in total. The minimum Gasteiger partial charge on any atom is -0.405 e. The zero-order chi connectivity index (χ0) is 26.1. The molecule has 35 heavy (non-hydrogen) atoms. The van der Waals surface area contributed by atoms with Crippen LogP contribution in [-0.4, -0.2) is 57.9 Å². The highest BCUT2D eigenvalue weighted by atomic mass is 32.1. The Labute approximate surface area is 205 Å². The number of aliphatic hydroxyl groups is 1. The lowest BCUT2D eigenvalue weighted by molar-refractivity contribution is -0.274. The fourth-order valence-corrected chi connectivity index (χ4v) is 4.60. The van der Waals surface area contributed by atoms with Crippen LogP contribution in [0.4, 0.5) is 13.2 Å². The maximum Gasteiger partial charge on any atom is 0.573 e. The standard InChI is InChI=1S/C23H29F3N4O4S/c1-12-18(35-11-29-12)13-5-6-14(17(7-13)34-23(24,25)26)9-28-20(32)16-8-15(31)10-30(16)21(33)19(27)22(2,3)4/h5-7,11,15-16,19,31H,8-10,27H2,1-4H3,(H,28,32)/t15-,16+,19-/m1/s1. The lowest BCUT2D eigenvalue weighted by Crippen LogP contribution is -2.54. The number of carbonyl (C=O) groups excluding carboxylic acids is 2. The van der Waals surface area contributed by atoms with Crippen molar-refractivity contribution < 1.29 is 32.6 Å². The molecule has 12 heteroatoms. The highest BCUT2D eigenvalue weighted by Gasteiger charge is 2.42. The smallest absolute Gasteiger partial charge is 0.405 e. The largest absolute Gasteiger partial charge is 0.573 e. The van der Waals surface area contributed by atoms with Crippen LogP contribution in [0.25, 0.3) is 10.4 Å². The zero-order valence-corrected chi connectivity index (χ0v) is 20.7. The zero-order valence-electron chi connectivity index (χ0n) is 19.8. The van der Waals surface area contributed by atoms with Gasteiger partial charge in [0.2, 0.25) is 11.8 Å². The quantitative estimate of drug-likeness (QED) is 0.546. The fourth-order valence-electron chi connectivity index (χ4n) is 3.80. The first-order chi connectivity index (χ1) is 16.2. The molecule has 3 rings (SSSR count). The van der Waals surface area contributed by atoms with Crippen LogP contribution in [-0.2, 0) is 16.1 Å². The summed E-state index contributed by atoms with van der Waals surface area (Å²) in [6, 6.07) is 2.45. The van der Waals surface area contributed by atoms with Crippen LogP contribution in [0.3, 0.4) is 0 Å². The molecule has 0 radical (unpaired) electrons. The number of carbonyl (C=O) groups is 2. The SMILES string of the molecule is Cc1ncsc1-c1ccc(CNC(=O)[C@@H]2C[C@@H](O)CN2C(=O)[C@@H](N)C(C)(C)C)c(OC(F)(F)F)c1. The van der Waals surface area contributed by atoms with E-state index in [4.69, 9.17) is 5.73 Å². The number of β-amino-alcohol motifs (C(OH)–C–C–N with tert-alkyl or cyclic N) is 1. The molecule has 0 saturated carbocycles. The highest BCUT2D eigenvalue weighted by molar-refractivity contribution is 7.13. The minimum atomic E-state index is -4.93. The number of hydrogen-bond acceptors (Lipinski definition) is 7. The van der Waals surface area contributed by atoms with Gasteiger partial charge in [-0.1, -0.05) is 32.9 Å². The van der Waals surface area contributed by atoms with Crippen LogP contribution < -0.4 is 15.8 Å². The second-order valence-electron chi connectivity index (χ2n) is 9.59. The maximum atomic E-state index is 13.1. The van der Waals surface area contributed by atoms with E-state index in [1.165, 1.54) is 28.4 Å². The Morgan fingerprint density at radius 3 is 2.60 bits per heavy atom. The summed E-state index contributed by atoms with van der Waals surface area (Å²) in [5, 5.41) is 12.7. The summed E-state index contributed by atoms with van der Waals surface area (Å²) in [6.45, 7) is 6.79. The van der Waals surface area contributed by atoms with Gasteiger partial charge >= 0.3 is 6.36 Å². The molecule has 1 aliphatic rings. The Bertz CT molecular complexity index is 1080. The van der Waals surface area contributed by atoms with Gasteiger partial charge in [0.05, 0.1) is 28.2 Å². The van der Waals surface area contributed by atoms with Crippen molar-refractivity contribution in [2.45, 2.75) is 65.2 Å². The van der Waals surface area contributed by atoms with Gasteiger partial charge in [0.1, 0.15) is 11.8 Å². The topological polar surface area (TPSA) is 118 Å². The number of aryl methyl sites for hydroxylation is 1. The van der Waals surface area contributed by atoms with E-state index in [0.29, 0.717) is 16.1 Å². The molecule has 1 saturated heterocycles. The average Bonchev–Trinajstić information content (AvgIpc) is 3.35. The van der Waals surface area contributed by atoms with Crippen molar-refractivity contribution in [3.8, 4) is 16.2 Å². The third kappa shape index (κ3) is 6.50. The lowest BCUT2D eigenvalue weighted by atomic mass is 9.86. The molecule has 1 aromatic heterocycles. The lowest BCUT2D eigenvalue weighted by Gasteiger charge is -2.32. The molecule has 192 valence electrons. The number of aromatic nitrogens is 1. The van der Waals surface area contributed by atoms with Crippen molar-refractivity contribution in [2.24, 2.45) is 11.1 Å². The summed E-state index contributed by atoms with van der Waals surface area (Å²) in [5.41, 5.74) is 8.37. The number of alkyl halides is 3. The Balaban J connectivity index is 1.79. The van der Waals surface area contributed by atoms with Crippen molar-refractivity contribution in [1.82, 2.24) is 15.2 Å². The Hall–Kier alpha value is -2.70. The molecule has 0 spiro atoms. The number of nitrogens with one attached hydrogen (secondary N) is 1. The van der Waals surface area contributed by atoms with Gasteiger partial charge < -0.3 is 25.8 Å². The summed E-state index contributed by atoms with van der Waals surface area (Å²) in [4.78, 5) is 31.9. The molecule has 8 nitrogen and oxygen atoms in total. The highest BCUT2D eigenvalue weighted by Crippen LogP contribution is 2.34. The third-order valence-electron chi connectivity index (χ3n) is 5.82. The van der Waals surface area contributed by atoms with Gasteiger partial charge in [-0.3, -0.25) is 9.59 Å². The molecule has 3 atom stereocenters. The first-order valence-electron chi connectivity index (χ1n) is 11.0. The van der Waals surface area contributed by atoms with E-state index in [-0.39, 0.29) is 25.1 Å².